The van der Waals surface area contributed by atoms with Gasteiger partial charge in [0.2, 0.25) is 0 Å². The molecule has 0 saturated heterocycles. The van der Waals surface area contributed by atoms with Gasteiger partial charge in [0.05, 0.1) is 0 Å². The van der Waals surface area contributed by atoms with Crippen molar-refractivity contribution in [2.45, 2.75) is 31.6 Å². The van der Waals surface area contributed by atoms with Crippen molar-refractivity contribution in [3.8, 4) is 6.07 Å². The van der Waals surface area contributed by atoms with Gasteiger partial charge < -0.3 is 0 Å². The molecule has 1 saturated carbocycles. The summed E-state index contributed by atoms with van der Waals surface area (Å²) >= 11 is 1.47. The number of Topliss-reactive ketones (excluding diaryl/α,β-unsaturated/α-hetero) is 1. The van der Waals surface area contributed by atoms with Crippen molar-refractivity contribution in [3.63, 3.8) is 0 Å². The zero-order valence-electron chi connectivity index (χ0n) is 7.82. The zero-order valence-corrected chi connectivity index (χ0v) is 8.64. The van der Waals surface area contributed by atoms with Crippen molar-refractivity contribution >= 4 is 17.1 Å². The number of hydrogen-bond donors (Lipinski definition) is 0. The molecule has 1 atom stereocenters. The average molecular weight is 205 g/mol. The SMILES string of the molecule is N#Cc1cc(C2CCCC(=O)C2)cs1. The highest BCUT2D eigenvalue weighted by Gasteiger charge is 2.21. The van der Waals surface area contributed by atoms with Gasteiger partial charge in [0.1, 0.15) is 16.7 Å². The molecule has 1 heterocycles. The minimum Gasteiger partial charge on any atom is -0.300 e. The first-order valence-corrected chi connectivity index (χ1v) is 5.68. The molecule has 1 aliphatic rings. The third kappa shape index (κ3) is 1.85. The van der Waals surface area contributed by atoms with Gasteiger partial charge in [-0.25, -0.2) is 0 Å². The first-order chi connectivity index (χ1) is 6.79. The molecule has 1 unspecified atom stereocenters. The van der Waals surface area contributed by atoms with E-state index in [-0.39, 0.29) is 0 Å². The van der Waals surface area contributed by atoms with Gasteiger partial charge in [0, 0.05) is 12.8 Å². The summed E-state index contributed by atoms with van der Waals surface area (Å²) in [5.41, 5.74) is 1.18. The predicted molar refractivity (Wildman–Crippen MR) is 55.3 cm³/mol. The van der Waals surface area contributed by atoms with E-state index in [0.717, 1.165) is 24.1 Å². The largest absolute Gasteiger partial charge is 0.300 e. The fourth-order valence-electron chi connectivity index (χ4n) is 1.93. The van der Waals surface area contributed by atoms with Crippen LogP contribution in [0.2, 0.25) is 0 Å². The maximum Gasteiger partial charge on any atom is 0.133 e. The molecule has 3 heteroatoms. The summed E-state index contributed by atoms with van der Waals surface area (Å²) < 4.78 is 0. The Bertz CT molecular complexity index is 388. The Hall–Kier alpha value is -1.14. The third-order valence-corrected chi connectivity index (χ3v) is 3.54. The molecule has 1 fully saturated rings. The van der Waals surface area contributed by atoms with Gasteiger partial charge in [0.15, 0.2) is 0 Å². The molecule has 1 aromatic rings. The molecule has 0 bridgehead atoms. The lowest BCUT2D eigenvalue weighted by Crippen LogP contribution is -2.12. The van der Waals surface area contributed by atoms with Crippen molar-refractivity contribution in [1.29, 1.82) is 5.26 Å². The van der Waals surface area contributed by atoms with Crippen molar-refractivity contribution < 1.29 is 4.79 Å². The average Bonchev–Trinajstić information content (AvgIpc) is 2.66. The van der Waals surface area contributed by atoms with E-state index in [0.29, 0.717) is 18.1 Å². The summed E-state index contributed by atoms with van der Waals surface area (Å²) in [6.45, 7) is 0. The molecule has 0 aliphatic heterocycles. The number of nitrogens with zero attached hydrogens (tertiary/aromatic N) is 1. The molecule has 0 aromatic carbocycles. The molecular formula is C11H11NOS. The standard InChI is InChI=1S/C11H11NOS/c12-6-11-5-9(7-14-11)8-2-1-3-10(13)4-8/h5,7-8H,1-4H2. The molecule has 14 heavy (non-hydrogen) atoms. The van der Waals surface area contributed by atoms with E-state index in [1.807, 2.05) is 11.4 Å². The molecule has 0 amide bonds. The number of hydrogen-bond acceptors (Lipinski definition) is 3. The number of carbonyl (C=O) groups excluding carboxylic acids is 1. The third-order valence-electron chi connectivity index (χ3n) is 2.68. The Morgan fingerprint density at radius 3 is 3.07 bits per heavy atom. The van der Waals surface area contributed by atoms with E-state index in [1.165, 1.54) is 16.9 Å². The monoisotopic (exact) mass is 205 g/mol. The summed E-state index contributed by atoms with van der Waals surface area (Å²) in [6, 6.07) is 4.06. The van der Waals surface area contributed by atoms with Crippen LogP contribution in [0.5, 0.6) is 0 Å². The van der Waals surface area contributed by atoms with Crippen molar-refractivity contribution in [2.75, 3.05) is 0 Å². The second-order valence-corrected chi connectivity index (χ2v) is 4.60. The van der Waals surface area contributed by atoms with E-state index in [1.54, 1.807) is 0 Å². The number of rotatable bonds is 1. The molecule has 72 valence electrons. The van der Waals surface area contributed by atoms with Crippen LogP contribution in [0.3, 0.4) is 0 Å². The summed E-state index contributed by atoms with van der Waals surface area (Å²) in [4.78, 5) is 12.0. The molecule has 0 N–H and O–H groups in total. The Balaban J connectivity index is 2.14. The van der Waals surface area contributed by atoms with Crippen LogP contribution in [0.15, 0.2) is 11.4 Å². The number of ketones is 1. The Kier molecular flexibility index (Phi) is 2.64. The number of thiophene rings is 1. The van der Waals surface area contributed by atoms with Gasteiger partial charge in [-0.1, -0.05) is 0 Å². The van der Waals surface area contributed by atoms with Crippen LogP contribution < -0.4 is 0 Å². The van der Waals surface area contributed by atoms with Crippen LogP contribution >= 0.6 is 11.3 Å². The summed E-state index contributed by atoms with van der Waals surface area (Å²) in [5, 5.41) is 10.7. The first-order valence-electron chi connectivity index (χ1n) is 4.80. The van der Waals surface area contributed by atoms with Crippen LogP contribution in [-0.2, 0) is 4.79 Å². The van der Waals surface area contributed by atoms with E-state index in [2.05, 4.69) is 6.07 Å². The zero-order chi connectivity index (χ0) is 9.97. The van der Waals surface area contributed by atoms with Gasteiger partial charge in [0.25, 0.3) is 0 Å². The van der Waals surface area contributed by atoms with Crippen LogP contribution in [0.1, 0.15) is 42.0 Å². The van der Waals surface area contributed by atoms with Crippen molar-refractivity contribution in [2.24, 2.45) is 0 Å². The summed E-state index contributed by atoms with van der Waals surface area (Å²) in [7, 11) is 0. The maximum atomic E-state index is 11.3. The van der Waals surface area contributed by atoms with Gasteiger partial charge in [-0.3, -0.25) is 4.79 Å². The Morgan fingerprint density at radius 2 is 2.43 bits per heavy atom. The number of carbonyl (C=O) groups is 1. The first kappa shape index (κ1) is 9.42. The highest BCUT2D eigenvalue weighted by molar-refractivity contribution is 7.10. The lowest BCUT2D eigenvalue weighted by atomic mass is 9.84. The van der Waals surface area contributed by atoms with Crippen LogP contribution in [-0.4, -0.2) is 5.78 Å². The molecule has 1 aliphatic carbocycles. The normalized spacial score (nSPS) is 21.9. The Labute approximate surface area is 87.2 Å². The van der Waals surface area contributed by atoms with E-state index < -0.39 is 0 Å². The van der Waals surface area contributed by atoms with Crippen molar-refractivity contribution in [1.82, 2.24) is 0 Å². The molecular weight excluding hydrogens is 194 g/mol. The quantitative estimate of drug-likeness (QED) is 0.707. The van der Waals surface area contributed by atoms with Crippen molar-refractivity contribution in [3.05, 3.63) is 21.9 Å². The second-order valence-electron chi connectivity index (χ2n) is 3.69. The molecule has 0 radical (unpaired) electrons. The maximum absolute atomic E-state index is 11.3. The minimum atomic E-state index is 0.367. The predicted octanol–water partition coefficient (Wildman–Crippen LogP) is 2.85. The van der Waals surface area contributed by atoms with Gasteiger partial charge >= 0.3 is 0 Å². The topological polar surface area (TPSA) is 40.9 Å². The fourth-order valence-corrected chi connectivity index (χ4v) is 2.71. The second kappa shape index (κ2) is 3.93. The van der Waals surface area contributed by atoms with E-state index in [4.69, 9.17) is 5.26 Å². The summed E-state index contributed by atoms with van der Waals surface area (Å²) in [5.74, 6) is 0.737. The lowest BCUT2D eigenvalue weighted by Gasteiger charge is -2.19. The molecule has 2 nitrogen and oxygen atoms in total. The molecule has 1 aromatic heterocycles. The number of nitriles is 1. The van der Waals surface area contributed by atoms with Gasteiger partial charge in [-0.15, -0.1) is 11.3 Å². The minimum absolute atomic E-state index is 0.367. The fraction of sp³-hybridized carbons (Fsp3) is 0.455. The van der Waals surface area contributed by atoms with E-state index in [9.17, 15) is 4.79 Å². The van der Waals surface area contributed by atoms with E-state index >= 15 is 0 Å². The van der Waals surface area contributed by atoms with Gasteiger partial charge in [-0.05, 0) is 35.8 Å². The Morgan fingerprint density at radius 1 is 1.57 bits per heavy atom. The molecule has 0 spiro atoms. The van der Waals surface area contributed by atoms with Crippen LogP contribution in [0, 0.1) is 11.3 Å². The lowest BCUT2D eigenvalue weighted by molar-refractivity contribution is -0.120. The summed E-state index contributed by atoms with van der Waals surface area (Å²) in [6.07, 6.45) is 3.50. The molecule has 2 rings (SSSR count). The highest BCUT2D eigenvalue weighted by Crippen LogP contribution is 2.33. The van der Waals surface area contributed by atoms with Gasteiger partial charge in [-0.2, -0.15) is 5.26 Å². The highest BCUT2D eigenvalue weighted by atomic mass is 32.1. The van der Waals surface area contributed by atoms with Crippen LogP contribution in [0.4, 0.5) is 0 Å². The smallest absolute Gasteiger partial charge is 0.133 e. The van der Waals surface area contributed by atoms with Crippen LogP contribution in [0.25, 0.3) is 0 Å².